The number of nitrogens with zero attached hydrogens (tertiary/aromatic N) is 3. The molecule has 9 heteroatoms. The van der Waals surface area contributed by atoms with Crippen molar-refractivity contribution in [1.29, 1.82) is 0 Å². The molecule has 0 saturated heterocycles. The molecule has 2 aromatic heterocycles. The maximum Gasteiger partial charge on any atom is 0.328 e. The molecule has 0 saturated carbocycles. The second-order valence-electron chi connectivity index (χ2n) is 4.98. The van der Waals surface area contributed by atoms with Crippen LogP contribution in [0.1, 0.15) is 5.56 Å². The van der Waals surface area contributed by atoms with Crippen LogP contribution in [0.5, 0.6) is 0 Å². The van der Waals surface area contributed by atoms with Gasteiger partial charge in [0.1, 0.15) is 6.04 Å². The molecule has 3 aromatic rings. The Labute approximate surface area is 147 Å². The van der Waals surface area contributed by atoms with Crippen LogP contribution in [0.25, 0.3) is 10.9 Å². The lowest BCUT2D eigenvalue weighted by molar-refractivity contribution is -0.141. The number of para-hydroxylation sites is 1. The molecule has 1 atom stereocenters. The number of fused-ring (bicyclic) bond motifs is 1. The minimum atomic E-state index is -0.705. The van der Waals surface area contributed by atoms with Gasteiger partial charge in [-0.15, -0.1) is 0 Å². The van der Waals surface area contributed by atoms with E-state index in [1.165, 1.54) is 7.11 Å². The highest BCUT2D eigenvalue weighted by molar-refractivity contribution is 6.31. The predicted molar refractivity (Wildman–Crippen MR) is 91.3 cm³/mol. The molecule has 0 aliphatic heterocycles. The maximum atomic E-state index is 12.1. The number of benzene rings is 1. The van der Waals surface area contributed by atoms with Gasteiger partial charge in [0.15, 0.2) is 0 Å². The fourth-order valence-corrected chi connectivity index (χ4v) is 2.77. The molecule has 0 unspecified atom stereocenters. The minimum absolute atomic E-state index is 0.0618. The average molecular weight is 366 g/mol. The van der Waals surface area contributed by atoms with E-state index in [1.807, 2.05) is 30.5 Å². The third kappa shape index (κ3) is 3.58. The van der Waals surface area contributed by atoms with Crippen molar-refractivity contribution in [3.63, 3.8) is 0 Å². The number of hydrogen-bond donors (Lipinski definition) is 2. The van der Waals surface area contributed by atoms with Gasteiger partial charge < -0.3 is 15.0 Å². The first-order valence-corrected chi connectivity index (χ1v) is 7.79. The third-order valence-electron chi connectivity index (χ3n) is 3.47. The summed E-state index contributed by atoms with van der Waals surface area (Å²) in [6.07, 6.45) is 2.23. The van der Waals surface area contributed by atoms with Gasteiger partial charge in [-0.3, -0.25) is 0 Å². The zero-order chi connectivity index (χ0) is 17.1. The summed E-state index contributed by atoms with van der Waals surface area (Å²) in [7, 11) is 1.32. The Balaban J connectivity index is 1.88. The van der Waals surface area contributed by atoms with Crippen molar-refractivity contribution in [2.75, 3.05) is 12.4 Å². The second-order valence-corrected chi connectivity index (χ2v) is 5.66. The SMILES string of the molecule is COC(=O)[C@H](Cc1c[nH]c2ccccc12)Nc1nc(Cl)nc(Cl)n1. The van der Waals surface area contributed by atoms with Gasteiger partial charge in [-0.1, -0.05) is 18.2 Å². The van der Waals surface area contributed by atoms with Crippen molar-refractivity contribution in [3.05, 3.63) is 46.6 Å². The lowest BCUT2D eigenvalue weighted by Gasteiger charge is -2.16. The Kier molecular flexibility index (Phi) is 4.82. The summed E-state index contributed by atoms with van der Waals surface area (Å²) < 4.78 is 4.86. The number of aromatic nitrogens is 4. The summed E-state index contributed by atoms with van der Waals surface area (Å²) in [6.45, 7) is 0. The van der Waals surface area contributed by atoms with Crippen LogP contribution >= 0.6 is 23.2 Å². The van der Waals surface area contributed by atoms with E-state index in [4.69, 9.17) is 27.9 Å². The molecule has 2 N–H and O–H groups in total. The standard InChI is InChI=1S/C15H13Cl2N5O2/c1-24-12(23)11(19-15-21-13(16)20-14(17)22-15)6-8-7-18-10-5-3-2-4-9(8)10/h2-5,7,11,18H,6H2,1H3,(H,19,20,21,22)/t11-/m0/s1. The topological polar surface area (TPSA) is 92.8 Å². The van der Waals surface area contributed by atoms with Crippen molar-refractivity contribution in [1.82, 2.24) is 19.9 Å². The van der Waals surface area contributed by atoms with E-state index in [0.717, 1.165) is 16.5 Å². The molecule has 3 rings (SSSR count). The quantitative estimate of drug-likeness (QED) is 0.675. The van der Waals surface area contributed by atoms with Crippen LogP contribution in [0.15, 0.2) is 30.5 Å². The lowest BCUT2D eigenvalue weighted by atomic mass is 10.1. The summed E-state index contributed by atoms with van der Waals surface area (Å²) in [5, 5.41) is 3.80. The van der Waals surface area contributed by atoms with Crippen LogP contribution < -0.4 is 5.32 Å². The molecule has 124 valence electrons. The summed E-state index contributed by atoms with van der Waals surface area (Å²) in [6, 6.07) is 7.11. The number of halogens is 2. The van der Waals surface area contributed by atoms with Gasteiger partial charge in [-0.05, 0) is 34.8 Å². The maximum absolute atomic E-state index is 12.1. The smallest absolute Gasteiger partial charge is 0.328 e. The molecule has 24 heavy (non-hydrogen) atoms. The van der Waals surface area contributed by atoms with Crippen molar-refractivity contribution >= 4 is 46.0 Å². The van der Waals surface area contributed by atoms with Crippen molar-refractivity contribution < 1.29 is 9.53 Å². The number of nitrogens with one attached hydrogen (secondary N) is 2. The summed E-state index contributed by atoms with van der Waals surface area (Å²) in [4.78, 5) is 26.8. The van der Waals surface area contributed by atoms with Crippen molar-refractivity contribution in [2.45, 2.75) is 12.5 Å². The molecule has 0 fully saturated rings. The van der Waals surface area contributed by atoms with E-state index in [0.29, 0.717) is 6.42 Å². The highest BCUT2D eigenvalue weighted by Gasteiger charge is 2.22. The second kappa shape index (κ2) is 7.02. The Hall–Kier alpha value is -2.38. The molecular formula is C15H13Cl2N5O2. The number of carbonyl (C=O) groups is 1. The van der Waals surface area contributed by atoms with Gasteiger partial charge >= 0.3 is 5.97 Å². The molecule has 1 aromatic carbocycles. The molecular weight excluding hydrogens is 353 g/mol. The summed E-state index contributed by atoms with van der Waals surface area (Å²) in [5.74, 6) is -0.344. The largest absolute Gasteiger partial charge is 0.467 e. The Morgan fingerprint density at radius 2 is 1.96 bits per heavy atom. The van der Waals surface area contributed by atoms with Gasteiger partial charge in [-0.25, -0.2) is 4.79 Å². The van der Waals surface area contributed by atoms with Crippen LogP contribution in [0, 0.1) is 0 Å². The Morgan fingerprint density at radius 3 is 2.67 bits per heavy atom. The molecule has 2 heterocycles. The van der Waals surface area contributed by atoms with Crippen LogP contribution in [-0.2, 0) is 16.0 Å². The fourth-order valence-electron chi connectivity index (χ4n) is 2.40. The van der Waals surface area contributed by atoms with E-state index in [9.17, 15) is 4.79 Å². The number of methoxy groups -OCH3 is 1. The van der Waals surface area contributed by atoms with E-state index < -0.39 is 12.0 Å². The normalized spacial score (nSPS) is 12.1. The number of anilines is 1. The number of esters is 1. The van der Waals surface area contributed by atoms with Crippen LogP contribution in [-0.4, -0.2) is 39.1 Å². The molecule has 7 nitrogen and oxygen atoms in total. The fraction of sp³-hybridized carbons (Fsp3) is 0.200. The van der Waals surface area contributed by atoms with Gasteiger partial charge in [0.2, 0.25) is 16.5 Å². The van der Waals surface area contributed by atoms with E-state index in [2.05, 4.69) is 25.3 Å². The number of rotatable bonds is 5. The van der Waals surface area contributed by atoms with E-state index in [1.54, 1.807) is 0 Å². The van der Waals surface area contributed by atoms with E-state index in [-0.39, 0.29) is 16.5 Å². The van der Waals surface area contributed by atoms with Crippen LogP contribution in [0.3, 0.4) is 0 Å². The monoisotopic (exact) mass is 365 g/mol. The Morgan fingerprint density at radius 1 is 1.25 bits per heavy atom. The van der Waals surface area contributed by atoms with Gasteiger partial charge in [0.25, 0.3) is 0 Å². The first-order chi connectivity index (χ1) is 11.6. The number of ether oxygens (including phenoxy) is 1. The lowest BCUT2D eigenvalue weighted by Crippen LogP contribution is -2.33. The third-order valence-corrected chi connectivity index (χ3v) is 3.81. The average Bonchev–Trinajstić information content (AvgIpc) is 2.96. The Bertz CT molecular complexity index is 863. The van der Waals surface area contributed by atoms with Crippen LogP contribution in [0.2, 0.25) is 10.6 Å². The van der Waals surface area contributed by atoms with Gasteiger partial charge in [-0.2, -0.15) is 15.0 Å². The van der Waals surface area contributed by atoms with E-state index >= 15 is 0 Å². The molecule has 0 spiro atoms. The highest BCUT2D eigenvalue weighted by Crippen LogP contribution is 2.20. The first kappa shape index (κ1) is 16.5. The zero-order valence-corrected chi connectivity index (χ0v) is 14.1. The van der Waals surface area contributed by atoms with Gasteiger partial charge in [0, 0.05) is 23.5 Å². The number of carbonyl (C=O) groups excluding carboxylic acids is 1. The molecule has 0 radical (unpaired) electrons. The molecule has 0 amide bonds. The number of hydrogen-bond acceptors (Lipinski definition) is 6. The predicted octanol–water partition coefficient (Wildman–Crippen LogP) is 2.86. The molecule has 0 bridgehead atoms. The van der Waals surface area contributed by atoms with Gasteiger partial charge in [0.05, 0.1) is 7.11 Å². The summed E-state index contributed by atoms with van der Waals surface area (Å²) >= 11 is 11.5. The van der Waals surface area contributed by atoms with Crippen molar-refractivity contribution in [2.24, 2.45) is 0 Å². The zero-order valence-electron chi connectivity index (χ0n) is 12.6. The minimum Gasteiger partial charge on any atom is -0.467 e. The number of H-pyrrole nitrogens is 1. The molecule has 0 aliphatic carbocycles. The summed E-state index contributed by atoms with van der Waals surface area (Å²) in [5.41, 5.74) is 1.95. The van der Waals surface area contributed by atoms with Crippen molar-refractivity contribution in [3.8, 4) is 0 Å². The highest BCUT2D eigenvalue weighted by atomic mass is 35.5. The molecule has 0 aliphatic rings. The van der Waals surface area contributed by atoms with Crippen LogP contribution in [0.4, 0.5) is 5.95 Å². The first-order valence-electron chi connectivity index (χ1n) is 7.03. The number of aromatic amines is 1.